The number of Topliss-reactive ketones (excluding diaryl/α,β-unsaturated/α-hetero) is 1. The normalized spacial score (nSPS) is 13.8. The lowest BCUT2D eigenvalue weighted by atomic mass is 9.93. The lowest BCUT2D eigenvalue weighted by Gasteiger charge is -2.14. The topological polar surface area (TPSA) is 58.7 Å². The Labute approximate surface area is 124 Å². The molecule has 0 saturated heterocycles. The number of benzene rings is 1. The molecule has 0 amide bonds. The van der Waals surface area contributed by atoms with E-state index in [2.05, 4.69) is 11.2 Å². The number of carbonyl (C=O) groups is 1. The van der Waals surface area contributed by atoms with Crippen LogP contribution in [0.15, 0.2) is 24.3 Å². The molecule has 0 fully saturated rings. The third-order valence-electron chi connectivity index (χ3n) is 4.02. The van der Waals surface area contributed by atoms with Crippen LogP contribution < -0.4 is 0 Å². The predicted octanol–water partition coefficient (Wildman–Crippen LogP) is 2.88. The Hall–Kier alpha value is -2.41. The van der Waals surface area contributed by atoms with Crippen molar-refractivity contribution in [1.82, 2.24) is 9.78 Å². The van der Waals surface area contributed by atoms with Gasteiger partial charge >= 0.3 is 0 Å². The number of ketones is 1. The van der Waals surface area contributed by atoms with E-state index in [1.807, 2.05) is 35.9 Å². The van der Waals surface area contributed by atoms with Crippen LogP contribution in [0.4, 0.5) is 0 Å². The molecule has 1 aromatic heterocycles. The SMILES string of the molecule is CCc1nn(Cc2ccccc2C#N)c2c1C(=O)CCC2. The Morgan fingerprint density at radius 1 is 1.33 bits per heavy atom. The number of nitriles is 1. The van der Waals surface area contributed by atoms with Crippen molar-refractivity contribution in [1.29, 1.82) is 5.26 Å². The van der Waals surface area contributed by atoms with E-state index in [0.29, 0.717) is 18.5 Å². The third-order valence-corrected chi connectivity index (χ3v) is 4.02. The number of fused-ring (bicyclic) bond motifs is 1. The maximum absolute atomic E-state index is 12.1. The quantitative estimate of drug-likeness (QED) is 0.868. The van der Waals surface area contributed by atoms with Crippen molar-refractivity contribution in [2.24, 2.45) is 0 Å². The molecule has 4 heteroatoms. The average molecular weight is 279 g/mol. The van der Waals surface area contributed by atoms with Crippen LogP contribution in [0.2, 0.25) is 0 Å². The Kier molecular flexibility index (Phi) is 3.57. The third kappa shape index (κ3) is 2.36. The summed E-state index contributed by atoms with van der Waals surface area (Å²) in [7, 11) is 0. The molecule has 1 heterocycles. The molecule has 1 aromatic carbocycles. The molecule has 2 aromatic rings. The van der Waals surface area contributed by atoms with Gasteiger partial charge in [-0.25, -0.2) is 0 Å². The maximum Gasteiger partial charge on any atom is 0.166 e. The van der Waals surface area contributed by atoms with Crippen LogP contribution in [0, 0.1) is 11.3 Å². The van der Waals surface area contributed by atoms with Crippen molar-refractivity contribution < 1.29 is 4.79 Å². The molecular weight excluding hydrogens is 262 g/mol. The molecular formula is C17H17N3O. The zero-order chi connectivity index (χ0) is 14.8. The summed E-state index contributed by atoms with van der Waals surface area (Å²) in [5.74, 6) is 0.216. The monoisotopic (exact) mass is 279 g/mol. The molecule has 0 atom stereocenters. The van der Waals surface area contributed by atoms with Crippen molar-refractivity contribution in [3.63, 3.8) is 0 Å². The summed E-state index contributed by atoms with van der Waals surface area (Å²) >= 11 is 0. The van der Waals surface area contributed by atoms with E-state index in [-0.39, 0.29) is 5.78 Å². The number of rotatable bonds is 3. The molecule has 1 aliphatic rings. The molecule has 0 N–H and O–H groups in total. The minimum atomic E-state index is 0.216. The molecule has 0 spiro atoms. The number of aryl methyl sites for hydroxylation is 1. The van der Waals surface area contributed by atoms with Crippen molar-refractivity contribution in [2.45, 2.75) is 39.2 Å². The van der Waals surface area contributed by atoms with Gasteiger partial charge in [0.05, 0.1) is 29.4 Å². The van der Waals surface area contributed by atoms with Crippen molar-refractivity contribution in [2.75, 3.05) is 0 Å². The molecule has 0 radical (unpaired) electrons. The van der Waals surface area contributed by atoms with Gasteiger partial charge in [0.1, 0.15) is 0 Å². The zero-order valence-electron chi connectivity index (χ0n) is 12.1. The first kappa shape index (κ1) is 13.6. The molecule has 0 unspecified atom stereocenters. The standard InChI is InChI=1S/C17H17N3O/c1-2-14-17-15(8-5-9-16(17)21)20(19-14)11-13-7-4-3-6-12(13)10-18/h3-4,6-7H,2,5,8-9,11H2,1H3. The van der Waals surface area contributed by atoms with Crippen LogP contribution in [0.1, 0.15) is 52.6 Å². The lowest BCUT2D eigenvalue weighted by molar-refractivity contribution is 0.0971. The van der Waals surface area contributed by atoms with Crippen molar-refractivity contribution in [3.05, 3.63) is 52.3 Å². The summed E-state index contributed by atoms with van der Waals surface area (Å²) < 4.78 is 1.92. The maximum atomic E-state index is 12.1. The van der Waals surface area contributed by atoms with E-state index in [1.54, 1.807) is 0 Å². The van der Waals surface area contributed by atoms with E-state index in [0.717, 1.165) is 41.8 Å². The van der Waals surface area contributed by atoms with Gasteiger partial charge in [-0.05, 0) is 30.9 Å². The summed E-state index contributed by atoms with van der Waals surface area (Å²) in [5.41, 5.74) is 4.38. The summed E-state index contributed by atoms with van der Waals surface area (Å²) in [6.07, 6.45) is 3.17. The molecule has 106 valence electrons. The van der Waals surface area contributed by atoms with Gasteiger partial charge in [-0.3, -0.25) is 9.48 Å². The first-order valence-corrected chi connectivity index (χ1v) is 7.34. The molecule has 4 nitrogen and oxygen atoms in total. The van der Waals surface area contributed by atoms with Gasteiger partial charge in [-0.15, -0.1) is 0 Å². The van der Waals surface area contributed by atoms with Crippen LogP contribution in [-0.4, -0.2) is 15.6 Å². The first-order chi connectivity index (χ1) is 10.2. The summed E-state index contributed by atoms with van der Waals surface area (Å²) in [5, 5.41) is 13.8. The van der Waals surface area contributed by atoms with E-state index in [4.69, 9.17) is 0 Å². The number of hydrogen-bond donors (Lipinski definition) is 0. The Balaban J connectivity index is 2.04. The molecule has 0 bridgehead atoms. The number of hydrogen-bond acceptors (Lipinski definition) is 3. The van der Waals surface area contributed by atoms with E-state index in [9.17, 15) is 10.1 Å². The van der Waals surface area contributed by atoms with Gasteiger partial charge in [0.25, 0.3) is 0 Å². The highest BCUT2D eigenvalue weighted by Gasteiger charge is 2.26. The van der Waals surface area contributed by atoms with Gasteiger partial charge in [-0.1, -0.05) is 25.1 Å². The summed E-state index contributed by atoms with van der Waals surface area (Å²) in [6, 6.07) is 9.77. The van der Waals surface area contributed by atoms with Crippen LogP contribution in [-0.2, 0) is 19.4 Å². The van der Waals surface area contributed by atoms with Gasteiger partial charge in [-0.2, -0.15) is 10.4 Å². The highest BCUT2D eigenvalue weighted by atomic mass is 16.1. The van der Waals surface area contributed by atoms with Crippen LogP contribution in [0.3, 0.4) is 0 Å². The minimum Gasteiger partial charge on any atom is -0.294 e. The van der Waals surface area contributed by atoms with E-state index >= 15 is 0 Å². The fourth-order valence-electron chi connectivity index (χ4n) is 2.98. The van der Waals surface area contributed by atoms with Crippen molar-refractivity contribution in [3.8, 4) is 6.07 Å². The number of nitrogens with zero attached hydrogens (tertiary/aromatic N) is 3. The molecule has 3 rings (SSSR count). The van der Waals surface area contributed by atoms with Gasteiger partial charge < -0.3 is 0 Å². The van der Waals surface area contributed by atoms with Gasteiger partial charge in [0, 0.05) is 12.1 Å². The fraction of sp³-hybridized carbons (Fsp3) is 0.353. The van der Waals surface area contributed by atoms with Gasteiger partial charge in [0.15, 0.2) is 5.78 Å². The molecule has 0 aliphatic heterocycles. The predicted molar refractivity (Wildman–Crippen MR) is 79.1 cm³/mol. The van der Waals surface area contributed by atoms with Crippen molar-refractivity contribution >= 4 is 5.78 Å². The average Bonchev–Trinajstić information content (AvgIpc) is 2.87. The Bertz CT molecular complexity index is 737. The first-order valence-electron chi connectivity index (χ1n) is 7.34. The van der Waals surface area contributed by atoms with Crippen LogP contribution in [0.25, 0.3) is 0 Å². The zero-order valence-corrected chi connectivity index (χ0v) is 12.1. The van der Waals surface area contributed by atoms with Crippen LogP contribution in [0.5, 0.6) is 0 Å². The highest BCUT2D eigenvalue weighted by molar-refractivity contribution is 5.99. The Morgan fingerprint density at radius 2 is 2.14 bits per heavy atom. The smallest absolute Gasteiger partial charge is 0.166 e. The summed E-state index contributed by atoms with van der Waals surface area (Å²) in [4.78, 5) is 12.1. The van der Waals surface area contributed by atoms with Gasteiger partial charge in [0.2, 0.25) is 0 Å². The second-order valence-corrected chi connectivity index (χ2v) is 5.33. The number of aromatic nitrogens is 2. The molecule has 0 saturated carbocycles. The Morgan fingerprint density at radius 3 is 2.90 bits per heavy atom. The second kappa shape index (κ2) is 5.53. The second-order valence-electron chi connectivity index (χ2n) is 5.33. The highest BCUT2D eigenvalue weighted by Crippen LogP contribution is 2.26. The summed E-state index contributed by atoms with van der Waals surface area (Å²) in [6.45, 7) is 2.58. The van der Waals surface area contributed by atoms with E-state index in [1.165, 1.54) is 0 Å². The van der Waals surface area contributed by atoms with E-state index < -0.39 is 0 Å². The number of carbonyl (C=O) groups excluding carboxylic acids is 1. The molecule has 21 heavy (non-hydrogen) atoms. The fourth-order valence-corrected chi connectivity index (χ4v) is 2.98. The largest absolute Gasteiger partial charge is 0.294 e. The lowest BCUT2D eigenvalue weighted by Crippen LogP contribution is -2.15. The molecule has 1 aliphatic carbocycles. The van der Waals surface area contributed by atoms with Crippen LogP contribution >= 0.6 is 0 Å². The minimum absolute atomic E-state index is 0.216.